The first kappa shape index (κ1) is 23.0. The summed E-state index contributed by atoms with van der Waals surface area (Å²) in [6.45, 7) is 0. The summed E-state index contributed by atoms with van der Waals surface area (Å²) in [6.07, 6.45) is 1.45. The molecule has 166 valence electrons. The lowest BCUT2D eigenvalue weighted by molar-refractivity contribution is -0.118. The second-order valence-corrected chi connectivity index (χ2v) is 9.33. The molecule has 0 aromatic heterocycles. The number of hydrogen-bond acceptors (Lipinski definition) is 2. The Balaban J connectivity index is 1.37. The van der Waals surface area contributed by atoms with Gasteiger partial charge in [-0.25, -0.2) is 4.21 Å². The van der Waals surface area contributed by atoms with E-state index in [0.717, 1.165) is 32.8 Å². The highest BCUT2D eigenvalue weighted by atomic mass is 35.5. The van der Waals surface area contributed by atoms with Crippen LogP contribution in [-0.2, 0) is 28.6 Å². The summed E-state index contributed by atoms with van der Waals surface area (Å²) in [6, 6.07) is 32.7. The van der Waals surface area contributed by atoms with Crippen LogP contribution in [0.2, 0.25) is 5.02 Å². The molecule has 4 aromatic carbocycles. The number of benzene rings is 4. The molecule has 5 heteroatoms. The Bertz CT molecular complexity index is 1260. The quantitative estimate of drug-likeness (QED) is 0.288. The van der Waals surface area contributed by atoms with Crippen LogP contribution in [-0.4, -0.2) is 9.99 Å². The summed E-state index contributed by atoms with van der Waals surface area (Å²) < 4.78 is 16.1. The van der Waals surface area contributed by atoms with Gasteiger partial charge in [0.1, 0.15) is 5.78 Å². The largest absolute Gasteiger partial charge is 0.301 e. The van der Waals surface area contributed by atoms with Crippen LogP contribution in [0.1, 0.15) is 17.5 Å². The van der Waals surface area contributed by atoms with Crippen molar-refractivity contribution in [1.29, 1.82) is 0 Å². The third-order valence-corrected chi connectivity index (χ3v) is 6.91. The number of carbonyl (C=O) groups is 1. The predicted octanol–water partition coefficient (Wildman–Crippen LogP) is 6.89. The van der Waals surface area contributed by atoms with Crippen molar-refractivity contribution in [2.24, 2.45) is 0 Å². The van der Waals surface area contributed by atoms with E-state index in [1.54, 1.807) is 0 Å². The van der Waals surface area contributed by atoms with E-state index in [9.17, 15) is 9.00 Å². The number of ketones is 1. The van der Waals surface area contributed by atoms with Crippen molar-refractivity contribution in [3.63, 3.8) is 0 Å². The Morgan fingerprint density at radius 2 is 1.45 bits per heavy atom. The Kier molecular flexibility index (Phi) is 7.71. The van der Waals surface area contributed by atoms with Gasteiger partial charge in [-0.15, -0.1) is 0 Å². The van der Waals surface area contributed by atoms with Crippen molar-refractivity contribution in [2.45, 2.75) is 24.2 Å². The van der Waals surface area contributed by atoms with E-state index in [1.807, 2.05) is 103 Å². The molecule has 0 saturated heterocycles. The average Bonchev–Trinajstić information content (AvgIpc) is 2.85. The molecule has 0 spiro atoms. The Hall–Kier alpha value is -3.21. The van der Waals surface area contributed by atoms with Crippen molar-refractivity contribution in [3.05, 3.63) is 119 Å². The Morgan fingerprint density at radius 1 is 0.788 bits per heavy atom. The molecule has 1 unspecified atom stereocenters. The molecule has 0 fully saturated rings. The van der Waals surface area contributed by atoms with E-state index in [1.165, 1.54) is 0 Å². The zero-order valence-electron chi connectivity index (χ0n) is 18.0. The highest BCUT2D eigenvalue weighted by Gasteiger charge is 2.12. The van der Waals surface area contributed by atoms with Crippen LogP contribution in [0, 0.1) is 0 Å². The summed E-state index contributed by atoms with van der Waals surface area (Å²) in [5.41, 5.74) is 4.62. The topological polar surface area (TPSA) is 46.2 Å². The number of Topliss-reactive ketones (excluding diaryl/α,β-unsaturated/α-hetero) is 1. The number of rotatable bonds is 9. The van der Waals surface area contributed by atoms with Gasteiger partial charge in [0.2, 0.25) is 0 Å². The summed E-state index contributed by atoms with van der Waals surface area (Å²) in [5.74, 6) is 0.163. The summed E-state index contributed by atoms with van der Waals surface area (Å²) in [4.78, 5) is 13.1. The van der Waals surface area contributed by atoms with Gasteiger partial charge in [0, 0.05) is 23.6 Å². The third kappa shape index (κ3) is 6.19. The zero-order valence-corrected chi connectivity index (χ0v) is 19.6. The second-order valence-electron chi connectivity index (χ2n) is 7.74. The first-order valence-electron chi connectivity index (χ1n) is 10.8. The van der Waals surface area contributed by atoms with Crippen molar-refractivity contribution >= 4 is 34.1 Å². The molecule has 0 aliphatic rings. The monoisotopic (exact) mass is 473 g/mol. The van der Waals surface area contributed by atoms with Gasteiger partial charge in [0.05, 0.1) is 4.90 Å². The van der Waals surface area contributed by atoms with E-state index in [-0.39, 0.29) is 5.78 Å². The molecule has 0 radical (unpaired) electrons. The molecular formula is C28H24ClNO2S. The molecule has 4 aromatic rings. The SMILES string of the molecule is O=C(CCc1ccccc1Cl)Cc1ccc(NS(=O)c2ccccc2-c2ccccc2)cc1. The van der Waals surface area contributed by atoms with E-state index < -0.39 is 11.0 Å². The second kappa shape index (κ2) is 11.1. The Morgan fingerprint density at radius 3 is 2.21 bits per heavy atom. The van der Waals surface area contributed by atoms with Gasteiger partial charge in [-0.2, -0.15) is 0 Å². The van der Waals surface area contributed by atoms with Gasteiger partial charge in [-0.3, -0.25) is 4.79 Å². The molecule has 0 aliphatic carbocycles. The standard InChI is InChI=1S/C28H24ClNO2S/c29-27-12-6-4-10-23(27)16-19-25(31)20-21-14-17-24(18-15-21)30-33(32)28-13-7-5-11-26(28)22-8-2-1-3-9-22/h1-15,17-18,30H,16,19-20H2. The summed E-state index contributed by atoms with van der Waals surface area (Å²) in [7, 11) is -1.42. The highest BCUT2D eigenvalue weighted by molar-refractivity contribution is 7.86. The van der Waals surface area contributed by atoms with Gasteiger partial charge in [0.25, 0.3) is 0 Å². The molecule has 1 atom stereocenters. The minimum absolute atomic E-state index is 0.163. The normalized spacial score (nSPS) is 11.7. The van der Waals surface area contributed by atoms with Crippen LogP contribution in [0.4, 0.5) is 5.69 Å². The smallest absolute Gasteiger partial charge is 0.150 e. The van der Waals surface area contributed by atoms with Crippen molar-refractivity contribution in [2.75, 3.05) is 4.72 Å². The van der Waals surface area contributed by atoms with Gasteiger partial charge in [0.15, 0.2) is 11.0 Å². The van der Waals surface area contributed by atoms with Crippen LogP contribution in [0.15, 0.2) is 108 Å². The molecule has 33 heavy (non-hydrogen) atoms. The van der Waals surface area contributed by atoms with E-state index >= 15 is 0 Å². The van der Waals surface area contributed by atoms with Crippen LogP contribution in [0.5, 0.6) is 0 Å². The molecule has 1 N–H and O–H groups in total. The molecule has 0 amide bonds. The maximum Gasteiger partial charge on any atom is 0.150 e. The first-order valence-corrected chi connectivity index (χ1v) is 12.3. The lowest BCUT2D eigenvalue weighted by Crippen LogP contribution is -2.07. The fourth-order valence-corrected chi connectivity index (χ4v) is 4.91. The highest BCUT2D eigenvalue weighted by Crippen LogP contribution is 2.27. The van der Waals surface area contributed by atoms with E-state index in [0.29, 0.717) is 24.3 Å². The molecule has 3 nitrogen and oxygen atoms in total. The number of nitrogens with one attached hydrogen (secondary N) is 1. The third-order valence-electron chi connectivity index (χ3n) is 5.37. The molecule has 0 heterocycles. The van der Waals surface area contributed by atoms with Gasteiger partial charge >= 0.3 is 0 Å². The zero-order chi connectivity index (χ0) is 23.0. The lowest BCUT2D eigenvalue weighted by atomic mass is 10.0. The molecule has 0 aliphatic heterocycles. The minimum atomic E-state index is -1.42. The fourth-order valence-electron chi connectivity index (χ4n) is 3.63. The fraction of sp³-hybridized carbons (Fsp3) is 0.107. The van der Waals surface area contributed by atoms with E-state index in [4.69, 9.17) is 11.6 Å². The Labute approximate surface area is 202 Å². The molecular weight excluding hydrogens is 450 g/mol. The maximum atomic E-state index is 13.1. The maximum absolute atomic E-state index is 13.1. The van der Waals surface area contributed by atoms with Crippen molar-refractivity contribution in [1.82, 2.24) is 0 Å². The molecule has 4 rings (SSSR count). The minimum Gasteiger partial charge on any atom is -0.301 e. The predicted molar refractivity (Wildman–Crippen MR) is 137 cm³/mol. The summed E-state index contributed by atoms with van der Waals surface area (Å²) in [5, 5.41) is 0.697. The van der Waals surface area contributed by atoms with Crippen LogP contribution >= 0.6 is 11.6 Å². The number of carbonyl (C=O) groups excluding carboxylic acids is 1. The summed E-state index contributed by atoms with van der Waals surface area (Å²) >= 11 is 6.17. The van der Waals surface area contributed by atoms with Crippen LogP contribution < -0.4 is 4.72 Å². The number of hydrogen-bond donors (Lipinski definition) is 1. The van der Waals surface area contributed by atoms with Crippen LogP contribution in [0.25, 0.3) is 11.1 Å². The van der Waals surface area contributed by atoms with Gasteiger partial charge in [-0.1, -0.05) is 90.5 Å². The average molecular weight is 474 g/mol. The van der Waals surface area contributed by atoms with E-state index in [2.05, 4.69) is 4.72 Å². The number of aryl methyl sites for hydroxylation is 1. The first-order chi connectivity index (χ1) is 16.1. The van der Waals surface area contributed by atoms with Crippen molar-refractivity contribution < 1.29 is 9.00 Å². The molecule has 0 bridgehead atoms. The van der Waals surface area contributed by atoms with Gasteiger partial charge in [-0.05, 0) is 52.9 Å². The molecule has 0 saturated carbocycles. The van der Waals surface area contributed by atoms with Gasteiger partial charge < -0.3 is 4.72 Å². The number of halogens is 1. The lowest BCUT2D eigenvalue weighted by Gasteiger charge is -2.11. The van der Waals surface area contributed by atoms with Crippen molar-refractivity contribution in [3.8, 4) is 11.1 Å². The number of anilines is 1. The van der Waals surface area contributed by atoms with Crippen LogP contribution in [0.3, 0.4) is 0 Å².